The van der Waals surface area contributed by atoms with Gasteiger partial charge in [-0.15, -0.1) is 0 Å². The Morgan fingerprint density at radius 2 is 2.47 bits per heavy atom. The Hall–Kier alpha value is -2.04. The lowest BCUT2D eigenvalue weighted by Gasteiger charge is -2.23. The number of carbonyl (C=O) groups is 1. The van der Waals surface area contributed by atoms with E-state index in [-0.39, 0.29) is 11.9 Å². The second-order valence-electron chi connectivity index (χ2n) is 4.19. The first-order valence-electron chi connectivity index (χ1n) is 5.68. The fraction of sp³-hybridized carbons (Fsp3) is 0.333. The van der Waals surface area contributed by atoms with E-state index >= 15 is 0 Å². The monoisotopic (exact) mass is 231 g/mol. The Morgan fingerprint density at radius 3 is 3.29 bits per heavy atom. The van der Waals surface area contributed by atoms with Gasteiger partial charge in [-0.05, 0) is 24.6 Å². The minimum Gasteiger partial charge on any atom is -0.459 e. The van der Waals surface area contributed by atoms with Crippen molar-refractivity contribution in [1.82, 2.24) is 15.1 Å². The minimum absolute atomic E-state index is 0.145. The van der Waals surface area contributed by atoms with Crippen LogP contribution in [0.15, 0.2) is 35.1 Å². The van der Waals surface area contributed by atoms with Gasteiger partial charge in [-0.25, -0.2) is 0 Å². The van der Waals surface area contributed by atoms with Crippen LogP contribution in [0.5, 0.6) is 0 Å². The zero-order valence-corrected chi connectivity index (χ0v) is 9.30. The van der Waals surface area contributed by atoms with Crippen molar-refractivity contribution in [2.24, 2.45) is 0 Å². The lowest BCUT2D eigenvalue weighted by molar-refractivity contribution is 0.0902. The maximum Gasteiger partial charge on any atom is 0.287 e. The Morgan fingerprint density at radius 1 is 1.53 bits per heavy atom. The number of nitrogens with zero attached hydrogens (tertiary/aromatic N) is 2. The zero-order chi connectivity index (χ0) is 11.7. The molecule has 1 aliphatic rings. The van der Waals surface area contributed by atoms with Crippen LogP contribution in [0.4, 0.5) is 0 Å². The first-order valence-corrected chi connectivity index (χ1v) is 5.68. The van der Waals surface area contributed by atoms with Crippen molar-refractivity contribution in [2.75, 3.05) is 0 Å². The summed E-state index contributed by atoms with van der Waals surface area (Å²) in [6, 6.07) is 5.54. The van der Waals surface area contributed by atoms with E-state index in [4.69, 9.17) is 4.42 Å². The maximum atomic E-state index is 11.8. The van der Waals surface area contributed by atoms with Gasteiger partial charge >= 0.3 is 0 Å². The third-order valence-corrected chi connectivity index (χ3v) is 3.03. The van der Waals surface area contributed by atoms with Crippen molar-refractivity contribution in [3.63, 3.8) is 0 Å². The van der Waals surface area contributed by atoms with Crippen molar-refractivity contribution in [2.45, 2.75) is 25.4 Å². The summed E-state index contributed by atoms with van der Waals surface area (Å²) in [5.41, 5.74) is 1.17. The topological polar surface area (TPSA) is 60.1 Å². The van der Waals surface area contributed by atoms with Gasteiger partial charge in [0, 0.05) is 30.9 Å². The van der Waals surface area contributed by atoms with E-state index in [2.05, 4.69) is 10.4 Å². The molecule has 88 valence electrons. The molecule has 2 aromatic heterocycles. The van der Waals surface area contributed by atoms with E-state index in [9.17, 15) is 4.79 Å². The number of aryl methyl sites for hydroxylation is 1. The van der Waals surface area contributed by atoms with Gasteiger partial charge in [0.2, 0.25) is 0 Å². The molecule has 3 rings (SSSR count). The summed E-state index contributed by atoms with van der Waals surface area (Å²) >= 11 is 0. The summed E-state index contributed by atoms with van der Waals surface area (Å²) in [6.07, 6.45) is 5.03. The SMILES string of the molecule is O=C(N[C@H]1CCn2nccc2C1)c1ccco1. The number of hydrogen-bond donors (Lipinski definition) is 1. The van der Waals surface area contributed by atoms with Crippen LogP contribution >= 0.6 is 0 Å². The third kappa shape index (κ3) is 1.95. The van der Waals surface area contributed by atoms with Crippen molar-refractivity contribution in [3.05, 3.63) is 42.1 Å². The predicted molar refractivity (Wildman–Crippen MR) is 60.5 cm³/mol. The average Bonchev–Trinajstić information content (AvgIpc) is 2.99. The van der Waals surface area contributed by atoms with Crippen LogP contribution in [-0.4, -0.2) is 21.7 Å². The van der Waals surface area contributed by atoms with Crippen molar-refractivity contribution >= 4 is 5.91 Å². The molecule has 1 N–H and O–H groups in total. The highest BCUT2D eigenvalue weighted by molar-refractivity contribution is 5.91. The molecule has 1 aliphatic heterocycles. The molecule has 0 bridgehead atoms. The summed E-state index contributed by atoms with van der Waals surface area (Å²) in [4.78, 5) is 11.8. The number of rotatable bonds is 2. The van der Waals surface area contributed by atoms with Crippen LogP contribution in [0.3, 0.4) is 0 Å². The lowest BCUT2D eigenvalue weighted by Crippen LogP contribution is -2.40. The third-order valence-electron chi connectivity index (χ3n) is 3.03. The van der Waals surface area contributed by atoms with Crippen molar-refractivity contribution < 1.29 is 9.21 Å². The molecule has 0 aliphatic carbocycles. The Kier molecular flexibility index (Phi) is 2.44. The molecule has 0 fully saturated rings. The molecule has 0 saturated carbocycles. The highest BCUT2D eigenvalue weighted by Gasteiger charge is 2.21. The average molecular weight is 231 g/mol. The molecule has 5 nitrogen and oxygen atoms in total. The molecular formula is C12H13N3O2. The maximum absolute atomic E-state index is 11.8. The van der Waals surface area contributed by atoms with Gasteiger partial charge in [0.05, 0.1) is 6.26 Å². The number of aromatic nitrogens is 2. The molecule has 3 heterocycles. The Labute approximate surface area is 98.4 Å². The number of amides is 1. The fourth-order valence-electron chi connectivity index (χ4n) is 2.15. The first-order chi connectivity index (χ1) is 8.33. The molecule has 17 heavy (non-hydrogen) atoms. The summed E-state index contributed by atoms with van der Waals surface area (Å²) in [6.45, 7) is 0.853. The summed E-state index contributed by atoms with van der Waals surface area (Å²) in [5, 5.41) is 7.18. The second-order valence-corrected chi connectivity index (χ2v) is 4.19. The van der Waals surface area contributed by atoms with Gasteiger partial charge in [-0.3, -0.25) is 9.48 Å². The standard InChI is InChI=1S/C12H13N3O2/c16-12(11-2-1-7-17-11)14-9-4-6-15-10(8-9)3-5-13-15/h1-3,5,7,9H,4,6,8H2,(H,14,16)/t9-/m0/s1. The van der Waals surface area contributed by atoms with Crippen LogP contribution in [0.2, 0.25) is 0 Å². The number of nitrogens with one attached hydrogen (secondary N) is 1. The van der Waals surface area contributed by atoms with E-state index < -0.39 is 0 Å². The summed E-state index contributed by atoms with van der Waals surface area (Å²) in [5.74, 6) is 0.219. The summed E-state index contributed by atoms with van der Waals surface area (Å²) in [7, 11) is 0. The highest BCUT2D eigenvalue weighted by Crippen LogP contribution is 2.14. The molecule has 0 radical (unpaired) electrons. The fourth-order valence-corrected chi connectivity index (χ4v) is 2.15. The molecule has 1 amide bonds. The molecule has 0 aromatic carbocycles. The zero-order valence-electron chi connectivity index (χ0n) is 9.30. The van der Waals surface area contributed by atoms with E-state index in [0.717, 1.165) is 19.4 Å². The first kappa shape index (κ1) is 10.1. The lowest BCUT2D eigenvalue weighted by atomic mass is 10.0. The molecule has 1 atom stereocenters. The number of carbonyl (C=O) groups excluding carboxylic acids is 1. The van der Waals surface area contributed by atoms with Crippen molar-refractivity contribution in [1.29, 1.82) is 0 Å². The van der Waals surface area contributed by atoms with Gasteiger partial charge in [-0.1, -0.05) is 0 Å². The highest BCUT2D eigenvalue weighted by atomic mass is 16.3. The van der Waals surface area contributed by atoms with E-state index in [1.165, 1.54) is 12.0 Å². The predicted octanol–water partition coefficient (Wildman–Crippen LogP) is 1.22. The van der Waals surface area contributed by atoms with E-state index in [0.29, 0.717) is 5.76 Å². The Balaban J connectivity index is 1.66. The number of fused-ring (bicyclic) bond motifs is 1. The number of furan rings is 1. The molecule has 0 saturated heterocycles. The molecule has 5 heteroatoms. The minimum atomic E-state index is -0.145. The normalized spacial score (nSPS) is 18.7. The van der Waals surface area contributed by atoms with Gasteiger partial charge in [0.25, 0.3) is 5.91 Å². The summed E-state index contributed by atoms with van der Waals surface area (Å²) < 4.78 is 7.04. The quantitative estimate of drug-likeness (QED) is 0.845. The Bertz CT molecular complexity index is 516. The van der Waals surface area contributed by atoms with Crippen LogP contribution in [0.1, 0.15) is 22.7 Å². The van der Waals surface area contributed by atoms with Crippen LogP contribution in [0.25, 0.3) is 0 Å². The molecule has 2 aromatic rings. The smallest absolute Gasteiger partial charge is 0.287 e. The van der Waals surface area contributed by atoms with E-state index in [1.807, 2.05) is 10.7 Å². The largest absolute Gasteiger partial charge is 0.459 e. The number of hydrogen-bond acceptors (Lipinski definition) is 3. The van der Waals surface area contributed by atoms with Crippen LogP contribution in [-0.2, 0) is 13.0 Å². The van der Waals surface area contributed by atoms with Gasteiger partial charge in [0.15, 0.2) is 5.76 Å². The van der Waals surface area contributed by atoms with Gasteiger partial charge < -0.3 is 9.73 Å². The van der Waals surface area contributed by atoms with Crippen LogP contribution < -0.4 is 5.32 Å². The molecule has 0 unspecified atom stereocenters. The van der Waals surface area contributed by atoms with Crippen molar-refractivity contribution in [3.8, 4) is 0 Å². The van der Waals surface area contributed by atoms with Crippen LogP contribution in [0, 0.1) is 0 Å². The van der Waals surface area contributed by atoms with Gasteiger partial charge in [-0.2, -0.15) is 5.10 Å². The molecule has 0 spiro atoms. The van der Waals surface area contributed by atoms with Gasteiger partial charge in [0.1, 0.15) is 0 Å². The van der Waals surface area contributed by atoms with E-state index in [1.54, 1.807) is 18.3 Å². The second kappa shape index (κ2) is 4.08. The molecular weight excluding hydrogens is 218 g/mol.